The Bertz CT molecular complexity index is 943. The number of hydrazine groups is 1. The molecule has 0 spiro atoms. The van der Waals surface area contributed by atoms with Crippen LogP contribution in [0.25, 0.3) is 10.8 Å². The highest BCUT2D eigenvalue weighted by Gasteiger charge is 2.51. The van der Waals surface area contributed by atoms with E-state index in [1.54, 1.807) is 32.0 Å². The quantitative estimate of drug-likeness (QED) is 0.366. The average molecular weight is 465 g/mol. The first kappa shape index (κ1) is 25.3. The van der Waals surface area contributed by atoms with E-state index in [1.165, 1.54) is 38.2 Å². The number of carbonyl (C=O) groups is 1. The fraction of sp³-hybridized carbons (Fsp3) is 0.577. The largest absolute Gasteiger partial charge is 0.493 e. The summed E-state index contributed by atoms with van der Waals surface area (Å²) in [6.07, 6.45) is 3.62. The molecule has 2 aromatic rings. The highest BCUT2D eigenvalue weighted by Crippen LogP contribution is 2.42. The molecule has 0 saturated carbocycles. The Labute approximate surface area is 194 Å². The van der Waals surface area contributed by atoms with Gasteiger partial charge in [-0.1, -0.05) is 69.7 Å². The van der Waals surface area contributed by atoms with Crippen molar-refractivity contribution in [1.82, 2.24) is 10.4 Å². The van der Waals surface area contributed by atoms with Crippen molar-refractivity contribution in [3.8, 4) is 5.75 Å². The number of unbranched alkanes of at least 4 members (excludes halogenated alkanes) is 6. The molecule has 1 saturated heterocycles. The summed E-state index contributed by atoms with van der Waals surface area (Å²) in [5.41, 5.74) is 1.62. The number of ether oxygens (including phenoxy) is 1. The van der Waals surface area contributed by atoms with Crippen molar-refractivity contribution < 1.29 is 22.7 Å². The molecule has 1 N–H and O–H groups in total. The lowest BCUT2D eigenvalue weighted by atomic mass is 9.93. The third-order valence-corrected chi connectivity index (χ3v) is 6.23. The van der Waals surface area contributed by atoms with E-state index in [4.69, 9.17) is 4.74 Å². The van der Waals surface area contributed by atoms with Crippen LogP contribution in [0, 0.1) is 5.41 Å². The minimum Gasteiger partial charge on any atom is -0.493 e. The molecule has 1 heterocycles. The van der Waals surface area contributed by atoms with Gasteiger partial charge in [-0.15, -0.1) is 0 Å². The van der Waals surface area contributed by atoms with Crippen LogP contribution >= 0.6 is 0 Å². The highest BCUT2D eigenvalue weighted by atomic mass is 19.4. The van der Waals surface area contributed by atoms with Crippen LogP contribution < -0.4 is 10.2 Å². The first-order valence-corrected chi connectivity index (χ1v) is 11.9. The number of amides is 1. The van der Waals surface area contributed by atoms with E-state index in [0.29, 0.717) is 17.7 Å². The zero-order valence-corrected chi connectivity index (χ0v) is 19.8. The minimum atomic E-state index is -4.55. The molecule has 1 atom stereocenters. The number of hydrogen-bond donors (Lipinski definition) is 1. The van der Waals surface area contributed by atoms with Crippen molar-refractivity contribution in [2.75, 3.05) is 13.2 Å². The standard InChI is InChI=1S/C26H35F3N2O2/c1-4-5-6-7-8-9-10-16-33-22-13-11-12-19-14-15-20(17-21(19)22)23(26(27,28)29)31-18-25(2,3)24(32)30-31/h11-15,17,23H,4-10,16,18H2,1-3H3,(H,30,32)/t23-/m0/s1. The van der Waals surface area contributed by atoms with E-state index in [2.05, 4.69) is 12.3 Å². The molecule has 4 nitrogen and oxygen atoms in total. The van der Waals surface area contributed by atoms with Gasteiger partial charge < -0.3 is 4.74 Å². The molecule has 1 amide bonds. The lowest BCUT2D eigenvalue weighted by Crippen LogP contribution is -2.43. The molecule has 33 heavy (non-hydrogen) atoms. The van der Waals surface area contributed by atoms with Gasteiger partial charge in [0.25, 0.3) is 0 Å². The van der Waals surface area contributed by atoms with Gasteiger partial charge in [-0.2, -0.15) is 13.2 Å². The molecule has 0 aromatic heterocycles. The second-order valence-corrected chi connectivity index (χ2v) is 9.60. The van der Waals surface area contributed by atoms with Gasteiger partial charge in [0.05, 0.1) is 12.0 Å². The van der Waals surface area contributed by atoms with E-state index < -0.39 is 23.5 Å². The fourth-order valence-electron chi connectivity index (χ4n) is 4.32. The van der Waals surface area contributed by atoms with Crippen LogP contribution in [0.1, 0.15) is 77.3 Å². The summed E-state index contributed by atoms with van der Waals surface area (Å²) in [6, 6.07) is 8.31. The summed E-state index contributed by atoms with van der Waals surface area (Å²) < 4.78 is 48.3. The summed E-state index contributed by atoms with van der Waals surface area (Å²) in [5, 5.41) is 2.48. The number of hydrogen-bond acceptors (Lipinski definition) is 3. The van der Waals surface area contributed by atoms with Crippen LogP contribution in [-0.2, 0) is 4.79 Å². The maximum atomic E-state index is 14.1. The number of carbonyl (C=O) groups excluding carboxylic acids is 1. The van der Waals surface area contributed by atoms with Gasteiger partial charge >= 0.3 is 6.18 Å². The molecule has 1 aliphatic rings. The van der Waals surface area contributed by atoms with Gasteiger partial charge in [0, 0.05) is 11.9 Å². The Morgan fingerprint density at radius 3 is 2.39 bits per heavy atom. The van der Waals surface area contributed by atoms with Crippen molar-refractivity contribution in [1.29, 1.82) is 0 Å². The lowest BCUT2D eigenvalue weighted by Gasteiger charge is -2.30. The molecule has 0 bridgehead atoms. The summed E-state index contributed by atoms with van der Waals surface area (Å²) >= 11 is 0. The van der Waals surface area contributed by atoms with Gasteiger partial charge in [-0.25, -0.2) is 5.01 Å². The maximum absolute atomic E-state index is 14.1. The summed E-state index contributed by atoms with van der Waals surface area (Å²) in [5.74, 6) is 0.184. The second kappa shape index (κ2) is 10.8. The monoisotopic (exact) mass is 464 g/mol. The topological polar surface area (TPSA) is 41.6 Å². The van der Waals surface area contributed by atoms with E-state index in [0.717, 1.165) is 23.2 Å². The summed E-state index contributed by atoms with van der Waals surface area (Å²) in [7, 11) is 0. The van der Waals surface area contributed by atoms with Gasteiger partial charge in [0.2, 0.25) is 5.91 Å². The van der Waals surface area contributed by atoms with Gasteiger partial charge in [-0.05, 0) is 43.4 Å². The zero-order valence-electron chi connectivity index (χ0n) is 19.8. The maximum Gasteiger partial charge on any atom is 0.409 e. The first-order valence-electron chi connectivity index (χ1n) is 11.9. The Kier molecular flexibility index (Phi) is 8.27. The number of fused-ring (bicyclic) bond motifs is 1. The van der Waals surface area contributed by atoms with E-state index in [-0.39, 0.29) is 12.1 Å². The zero-order chi connectivity index (χ0) is 24.1. The lowest BCUT2D eigenvalue weighted by molar-refractivity contribution is -0.191. The first-order chi connectivity index (χ1) is 15.6. The molecule has 2 aromatic carbocycles. The molecule has 182 valence electrons. The van der Waals surface area contributed by atoms with Crippen molar-refractivity contribution in [3.05, 3.63) is 42.0 Å². The van der Waals surface area contributed by atoms with Crippen LogP contribution in [0.4, 0.5) is 13.2 Å². The molecule has 0 unspecified atom stereocenters. The highest BCUT2D eigenvalue weighted by molar-refractivity contribution is 5.89. The van der Waals surface area contributed by atoms with E-state index in [9.17, 15) is 18.0 Å². The van der Waals surface area contributed by atoms with Crippen LogP contribution in [0.15, 0.2) is 36.4 Å². The molecule has 0 aliphatic carbocycles. The van der Waals surface area contributed by atoms with Gasteiger partial charge in [0.15, 0.2) is 0 Å². The van der Waals surface area contributed by atoms with Crippen molar-refractivity contribution in [3.63, 3.8) is 0 Å². The molecular weight excluding hydrogens is 429 g/mol. The number of alkyl halides is 3. The number of benzene rings is 2. The Morgan fingerprint density at radius 1 is 1.06 bits per heavy atom. The number of nitrogens with one attached hydrogen (secondary N) is 1. The average Bonchev–Trinajstić information content (AvgIpc) is 3.00. The minimum absolute atomic E-state index is 0.0234. The van der Waals surface area contributed by atoms with E-state index in [1.807, 2.05) is 12.1 Å². The number of nitrogens with zero attached hydrogens (tertiary/aromatic N) is 1. The van der Waals surface area contributed by atoms with Crippen molar-refractivity contribution in [2.45, 2.75) is 77.9 Å². The van der Waals surface area contributed by atoms with E-state index >= 15 is 0 Å². The Balaban J connectivity index is 1.75. The molecule has 1 fully saturated rings. The van der Waals surface area contributed by atoms with Gasteiger partial charge in [-0.3, -0.25) is 10.2 Å². The van der Waals surface area contributed by atoms with Crippen molar-refractivity contribution in [2.24, 2.45) is 5.41 Å². The molecule has 3 rings (SSSR count). The molecule has 1 aliphatic heterocycles. The summed E-state index contributed by atoms with van der Waals surface area (Å²) in [6.45, 7) is 6.00. The number of rotatable bonds is 11. The molecule has 7 heteroatoms. The van der Waals surface area contributed by atoms with Gasteiger partial charge in [0.1, 0.15) is 11.8 Å². The fourth-order valence-corrected chi connectivity index (χ4v) is 4.32. The van der Waals surface area contributed by atoms with Crippen LogP contribution in [0.3, 0.4) is 0 Å². The normalized spacial score (nSPS) is 17.3. The summed E-state index contributed by atoms with van der Waals surface area (Å²) in [4.78, 5) is 12.1. The number of halogens is 3. The third kappa shape index (κ3) is 6.40. The smallest absolute Gasteiger partial charge is 0.409 e. The van der Waals surface area contributed by atoms with Crippen molar-refractivity contribution >= 4 is 16.7 Å². The predicted molar refractivity (Wildman–Crippen MR) is 125 cm³/mol. The Morgan fingerprint density at radius 2 is 1.76 bits per heavy atom. The predicted octanol–water partition coefficient (Wildman–Crippen LogP) is 6.95. The van der Waals surface area contributed by atoms with Crippen LogP contribution in [-0.4, -0.2) is 30.2 Å². The van der Waals surface area contributed by atoms with Crippen LogP contribution in [0.5, 0.6) is 5.75 Å². The SMILES string of the molecule is CCCCCCCCCOc1cccc2ccc([C@H](N3CC(C)(C)C(=O)N3)C(F)(F)F)cc12. The Hall–Kier alpha value is -2.28. The molecule has 0 radical (unpaired) electrons. The second-order valence-electron chi connectivity index (χ2n) is 9.60. The molecular formula is C26H35F3N2O2. The third-order valence-electron chi connectivity index (χ3n) is 6.23. The van der Waals surface area contributed by atoms with Crippen LogP contribution in [0.2, 0.25) is 0 Å².